The van der Waals surface area contributed by atoms with Gasteiger partial charge in [-0.3, -0.25) is 0 Å². The second kappa shape index (κ2) is 17.2. The van der Waals surface area contributed by atoms with Crippen LogP contribution < -0.4 is 5.32 Å². The Hall–Kier alpha value is -0.200. The van der Waals surface area contributed by atoms with Crippen LogP contribution in [0.3, 0.4) is 0 Å². The van der Waals surface area contributed by atoms with Crippen molar-refractivity contribution in [3.8, 4) is 0 Å². The lowest BCUT2D eigenvalue weighted by Gasteiger charge is -2.15. The Morgan fingerprint density at radius 1 is 0.920 bits per heavy atom. The molecule has 1 fully saturated rings. The first-order valence-electron chi connectivity index (χ1n) is 10.5. The lowest BCUT2D eigenvalue weighted by atomic mass is 10.1. The largest absolute Gasteiger partial charge is 0.394 e. The zero-order valence-corrected chi connectivity index (χ0v) is 16.3. The highest BCUT2D eigenvalue weighted by atomic mass is 16.7. The normalized spacial score (nSPS) is 20.4. The highest BCUT2D eigenvalue weighted by Gasteiger charge is 2.25. The molecule has 0 spiro atoms. The molecule has 0 radical (unpaired) electrons. The van der Waals surface area contributed by atoms with Crippen LogP contribution in [-0.4, -0.2) is 57.0 Å². The molecule has 0 aliphatic carbocycles. The first-order chi connectivity index (χ1) is 12.4. The summed E-state index contributed by atoms with van der Waals surface area (Å²) in [5.41, 5.74) is 0. The van der Waals surface area contributed by atoms with Crippen LogP contribution in [0.1, 0.15) is 77.6 Å². The van der Waals surface area contributed by atoms with Gasteiger partial charge >= 0.3 is 0 Å². The Kier molecular flexibility index (Phi) is 15.7. The van der Waals surface area contributed by atoms with Crippen LogP contribution in [0, 0.1) is 0 Å². The fourth-order valence-electron chi connectivity index (χ4n) is 3.15. The molecule has 0 saturated carbocycles. The van der Waals surface area contributed by atoms with E-state index < -0.39 is 0 Å². The molecule has 0 amide bonds. The molecule has 25 heavy (non-hydrogen) atoms. The summed E-state index contributed by atoms with van der Waals surface area (Å²) in [5, 5.41) is 11.9. The topological polar surface area (TPSA) is 60.0 Å². The maximum atomic E-state index is 8.62. The number of hydrogen-bond donors (Lipinski definition) is 2. The minimum atomic E-state index is -0.00789. The van der Waals surface area contributed by atoms with E-state index in [0.717, 1.165) is 39.0 Å². The monoisotopic (exact) mass is 359 g/mol. The summed E-state index contributed by atoms with van der Waals surface area (Å²) in [7, 11) is 0. The number of aliphatic hydroxyl groups excluding tert-OH is 1. The lowest BCUT2D eigenvalue weighted by molar-refractivity contribution is -0.133. The minimum absolute atomic E-state index is 0.00789. The lowest BCUT2D eigenvalue weighted by Crippen LogP contribution is -2.30. The third-order valence-corrected chi connectivity index (χ3v) is 4.65. The minimum Gasteiger partial charge on any atom is -0.394 e. The molecule has 2 N–H and O–H groups in total. The average Bonchev–Trinajstić information content (AvgIpc) is 3.07. The predicted molar refractivity (Wildman–Crippen MR) is 102 cm³/mol. The summed E-state index contributed by atoms with van der Waals surface area (Å²) < 4.78 is 17.0. The zero-order valence-electron chi connectivity index (χ0n) is 16.3. The Labute approximate surface area is 154 Å². The first kappa shape index (κ1) is 22.8. The molecule has 1 heterocycles. The van der Waals surface area contributed by atoms with Gasteiger partial charge in [-0.1, -0.05) is 58.3 Å². The van der Waals surface area contributed by atoms with Gasteiger partial charge in [0.15, 0.2) is 6.29 Å². The molecule has 0 bridgehead atoms. The van der Waals surface area contributed by atoms with Gasteiger partial charge in [-0.05, 0) is 12.8 Å². The van der Waals surface area contributed by atoms with Gasteiger partial charge in [0, 0.05) is 26.1 Å². The molecule has 1 aliphatic heterocycles. The van der Waals surface area contributed by atoms with Crippen molar-refractivity contribution in [2.45, 2.75) is 89.9 Å². The van der Waals surface area contributed by atoms with Gasteiger partial charge in [0.2, 0.25) is 0 Å². The van der Waals surface area contributed by atoms with Crippen molar-refractivity contribution in [1.82, 2.24) is 5.32 Å². The maximum Gasteiger partial charge on any atom is 0.158 e. The first-order valence-corrected chi connectivity index (χ1v) is 10.5. The van der Waals surface area contributed by atoms with Crippen molar-refractivity contribution in [2.24, 2.45) is 0 Å². The van der Waals surface area contributed by atoms with Crippen molar-refractivity contribution >= 4 is 0 Å². The van der Waals surface area contributed by atoms with Crippen LogP contribution in [0.4, 0.5) is 0 Å². The molecule has 1 rings (SSSR count). The van der Waals surface area contributed by atoms with E-state index in [9.17, 15) is 0 Å². The van der Waals surface area contributed by atoms with E-state index in [1.807, 2.05) is 0 Å². The molecule has 0 aromatic rings. The Morgan fingerprint density at radius 3 is 2.36 bits per heavy atom. The summed E-state index contributed by atoms with van der Waals surface area (Å²) in [6.07, 6.45) is 14.4. The molecule has 5 heteroatoms. The number of nitrogens with one attached hydrogen (secondary N) is 1. The second-order valence-electron chi connectivity index (χ2n) is 7.00. The van der Waals surface area contributed by atoms with Crippen LogP contribution in [0.5, 0.6) is 0 Å². The van der Waals surface area contributed by atoms with E-state index >= 15 is 0 Å². The number of hydrogen-bond acceptors (Lipinski definition) is 5. The number of unbranched alkanes of at least 4 members (excludes halogenated alkanes) is 8. The molecular formula is C20H41NO4. The van der Waals surface area contributed by atoms with E-state index in [1.54, 1.807) is 0 Å². The summed E-state index contributed by atoms with van der Waals surface area (Å²) in [4.78, 5) is 0. The third kappa shape index (κ3) is 13.6. The summed E-state index contributed by atoms with van der Waals surface area (Å²) >= 11 is 0. The standard InChI is InChI=1S/C20H41NO4/c1-2-3-4-5-6-7-8-9-10-15-24-20-12-11-19(25-20)18-21-13-16-23-17-14-22/h19-22H,2-18H2,1H3/t19-,20-/m0/s1. The van der Waals surface area contributed by atoms with Crippen LogP contribution in [-0.2, 0) is 14.2 Å². The van der Waals surface area contributed by atoms with E-state index in [1.165, 1.54) is 51.4 Å². The van der Waals surface area contributed by atoms with Crippen molar-refractivity contribution in [2.75, 3.05) is 39.5 Å². The van der Waals surface area contributed by atoms with Crippen LogP contribution >= 0.6 is 0 Å². The second-order valence-corrected chi connectivity index (χ2v) is 7.00. The molecule has 1 saturated heterocycles. The number of rotatable bonds is 18. The molecule has 0 aromatic carbocycles. The van der Waals surface area contributed by atoms with Crippen LogP contribution in [0.25, 0.3) is 0 Å². The molecule has 0 aromatic heterocycles. The van der Waals surface area contributed by atoms with E-state index in [-0.39, 0.29) is 19.0 Å². The summed E-state index contributed by atoms with van der Waals surface area (Å²) in [5.74, 6) is 0. The zero-order chi connectivity index (χ0) is 18.0. The summed E-state index contributed by atoms with van der Waals surface area (Å²) in [6.45, 7) is 5.87. The van der Waals surface area contributed by atoms with Gasteiger partial charge in [0.1, 0.15) is 0 Å². The SMILES string of the molecule is CCCCCCCCCCCO[C@@H]1CC[C@@H](CNCCOCCO)O1. The Balaban J connectivity index is 1.82. The quantitative estimate of drug-likeness (QED) is 0.366. The molecule has 150 valence electrons. The number of aliphatic hydroxyl groups is 1. The highest BCUT2D eigenvalue weighted by molar-refractivity contribution is 4.70. The predicted octanol–water partition coefficient (Wildman–Crippen LogP) is 3.64. The number of ether oxygens (including phenoxy) is 3. The fourth-order valence-corrected chi connectivity index (χ4v) is 3.15. The van der Waals surface area contributed by atoms with Gasteiger partial charge < -0.3 is 24.6 Å². The van der Waals surface area contributed by atoms with Crippen molar-refractivity contribution in [1.29, 1.82) is 0 Å². The third-order valence-electron chi connectivity index (χ3n) is 4.65. The van der Waals surface area contributed by atoms with Crippen LogP contribution in [0.15, 0.2) is 0 Å². The smallest absolute Gasteiger partial charge is 0.158 e. The molecular weight excluding hydrogens is 318 g/mol. The average molecular weight is 360 g/mol. The van der Waals surface area contributed by atoms with Crippen molar-refractivity contribution < 1.29 is 19.3 Å². The van der Waals surface area contributed by atoms with Gasteiger partial charge in [0.05, 0.1) is 25.9 Å². The van der Waals surface area contributed by atoms with Gasteiger partial charge in [-0.15, -0.1) is 0 Å². The van der Waals surface area contributed by atoms with Gasteiger partial charge in [-0.25, -0.2) is 0 Å². The highest BCUT2D eigenvalue weighted by Crippen LogP contribution is 2.20. The maximum absolute atomic E-state index is 8.62. The van der Waals surface area contributed by atoms with Crippen LogP contribution in [0.2, 0.25) is 0 Å². The Morgan fingerprint density at radius 2 is 1.64 bits per heavy atom. The molecule has 1 aliphatic rings. The fraction of sp³-hybridized carbons (Fsp3) is 1.00. The van der Waals surface area contributed by atoms with E-state index in [2.05, 4.69) is 12.2 Å². The molecule has 0 unspecified atom stereocenters. The molecule has 2 atom stereocenters. The van der Waals surface area contributed by atoms with Gasteiger partial charge in [-0.2, -0.15) is 0 Å². The molecule has 5 nitrogen and oxygen atoms in total. The van der Waals surface area contributed by atoms with Gasteiger partial charge in [0.25, 0.3) is 0 Å². The van der Waals surface area contributed by atoms with E-state index in [4.69, 9.17) is 19.3 Å². The van der Waals surface area contributed by atoms with Crippen molar-refractivity contribution in [3.63, 3.8) is 0 Å². The Bertz CT molecular complexity index is 278. The van der Waals surface area contributed by atoms with E-state index in [0.29, 0.717) is 13.2 Å². The van der Waals surface area contributed by atoms with Crippen molar-refractivity contribution in [3.05, 3.63) is 0 Å². The summed E-state index contributed by atoms with van der Waals surface area (Å²) in [6, 6.07) is 0.